The fourth-order valence-corrected chi connectivity index (χ4v) is 3.73. The van der Waals surface area contributed by atoms with Gasteiger partial charge in [-0.25, -0.2) is 0 Å². The molecule has 0 spiro atoms. The second-order valence-corrected chi connectivity index (χ2v) is 6.22. The molecule has 0 saturated carbocycles. The van der Waals surface area contributed by atoms with Crippen LogP contribution in [0.4, 0.5) is 0 Å². The maximum Gasteiger partial charge on any atom is -0.0152 e. The number of benzene rings is 3. The minimum atomic E-state index is 0.783. The number of fused-ring (bicyclic) bond motifs is 2. The summed E-state index contributed by atoms with van der Waals surface area (Å²) in [5.41, 5.74) is 4.64. The van der Waals surface area contributed by atoms with Crippen LogP contribution in [0.1, 0.15) is 23.1 Å². The highest BCUT2D eigenvalue weighted by Gasteiger charge is 2.19. The summed E-state index contributed by atoms with van der Waals surface area (Å²) < 4.78 is 0. The van der Waals surface area contributed by atoms with Crippen LogP contribution in [0, 0.1) is 5.92 Å². The highest BCUT2D eigenvalue weighted by molar-refractivity contribution is 5.85. The predicted octanol–water partition coefficient (Wildman–Crippen LogP) is 5.19. The molecule has 0 amide bonds. The van der Waals surface area contributed by atoms with Gasteiger partial charge in [-0.3, -0.25) is 0 Å². The van der Waals surface area contributed by atoms with E-state index in [0.717, 1.165) is 5.92 Å². The molecule has 0 radical (unpaired) electrons. The molecule has 0 saturated heterocycles. The zero-order valence-electron chi connectivity index (χ0n) is 12.3. The maximum atomic E-state index is 2.31. The van der Waals surface area contributed by atoms with E-state index in [1.807, 2.05) is 0 Å². The quantitative estimate of drug-likeness (QED) is 0.602. The van der Waals surface area contributed by atoms with Gasteiger partial charge in [-0.05, 0) is 59.1 Å². The topological polar surface area (TPSA) is 0 Å². The Balaban J connectivity index is 1.62. The van der Waals surface area contributed by atoms with E-state index in [4.69, 9.17) is 0 Å². The normalized spacial score (nSPS) is 17.6. The molecule has 0 nitrogen and oxygen atoms in total. The van der Waals surface area contributed by atoms with Gasteiger partial charge in [-0.2, -0.15) is 0 Å². The van der Waals surface area contributed by atoms with Gasteiger partial charge in [-0.15, -0.1) is 0 Å². The van der Waals surface area contributed by atoms with Gasteiger partial charge in [0.15, 0.2) is 0 Å². The first kappa shape index (κ1) is 12.6. The summed E-state index contributed by atoms with van der Waals surface area (Å²) in [6.45, 7) is 0. The lowest BCUT2D eigenvalue weighted by atomic mass is 9.80. The predicted molar refractivity (Wildman–Crippen MR) is 89.6 cm³/mol. The third-order valence-corrected chi connectivity index (χ3v) is 4.84. The fourth-order valence-electron chi connectivity index (χ4n) is 3.73. The molecular formula is C21H20. The lowest BCUT2D eigenvalue weighted by Crippen LogP contribution is -2.16. The molecule has 21 heavy (non-hydrogen) atoms. The molecule has 3 aromatic carbocycles. The zero-order chi connectivity index (χ0) is 14.1. The van der Waals surface area contributed by atoms with Crippen LogP contribution in [0.3, 0.4) is 0 Å². The summed E-state index contributed by atoms with van der Waals surface area (Å²) in [7, 11) is 0. The molecule has 1 unspecified atom stereocenters. The smallest absolute Gasteiger partial charge is 0.0152 e. The number of rotatable bonds is 2. The van der Waals surface area contributed by atoms with Crippen molar-refractivity contribution < 1.29 is 0 Å². The monoisotopic (exact) mass is 272 g/mol. The Morgan fingerprint density at radius 2 is 1.52 bits per heavy atom. The van der Waals surface area contributed by atoms with E-state index in [2.05, 4.69) is 66.7 Å². The molecule has 0 aliphatic heterocycles. The number of hydrogen-bond acceptors (Lipinski definition) is 0. The minimum absolute atomic E-state index is 0.783. The largest absolute Gasteiger partial charge is 0.0620 e. The Morgan fingerprint density at radius 3 is 2.48 bits per heavy atom. The van der Waals surface area contributed by atoms with Gasteiger partial charge in [0.25, 0.3) is 0 Å². The van der Waals surface area contributed by atoms with Crippen LogP contribution < -0.4 is 0 Å². The molecule has 3 aromatic rings. The van der Waals surface area contributed by atoms with Crippen LogP contribution in [0.5, 0.6) is 0 Å². The second-order valence-electron chi connectivity index (χ2n) is 6.22. The molecule has 0 aromatic heterocycles. The van der Waals surface area contributed by atoms with Crippen molar-refractivity contribution in [3.8, 4) is 0 Å². The number of aryl methyl sites for hydroxylation is 1. The molecule has 1 atom stereocenters. The first-order chi connectivity index (χ1) is 10.4. The summed E-state index contributed by atoms with van der Waals surface area (Å²) in [6, 6.07) is 24.4. The standard InChI is InChI=1S/C21H20/c1-2-8-19-14-16(12-13-17(19)6-1)15-20-10-5-9-18-7-3-4-11-21(18)20/h1-11,16H,12-15H2. The minimum Gasteiger partial charge on any atom is -0.0620 e. The lowest BCUT2D eigenvalue weighted by Gasteiger charge is -2.25. The van der Waals surface area contributed by atoms with Crippen molar-refractivity contribution in [2.75, 3.05) is 0 Å². The SMILES string of the molecule is c1ccc2c(c1)CCC(Cc1cccc3ccccc13)C2. The highest BCUT2D eigenvalue weighted by atomic mass is 14.2. The summed E-state index contributed by atoms with van der Waals surface area (Å²) >= 11 is 0. The Kier molecular flexibility index (Phi) is 3.23. The van der Waals surface area contributed by atoms with Crippen LogP contribution in [0.2, 0.25) is 0 Å². The van der Waals surface area contributed by atoms with E-state index in [1.165, 1.54) is 42.0 Å². The lowest BCUT2D eigenvalue weighted by molar-refractivity contribution is 0.457. The van der Waals surface area contributed by atoms with Crippen molar-refractivity contribution >= 4 is 10.8 Å². The van der Waals surface area contributed by atoms with Gasteiger partial charge < -0.3 is 0 Å². The summed E-state index contributed by atoms with van der Waals surface area (Å²) in [5.74, 6) is 0.783. The van der Waals surface area contributed by atoms with Crippen LogP contribution in [0.25, 0.3) is 10.8 Å². The third-order valence-electron chi connectivity index (χ3n) is 4.84. The summed E-state index contributed by atoms with van der Waals surface area (Å²) in [5, 5.41) is 2.80. The van der Waals surface area contributed by atoms with Gasteiger partial charge in [0.05, 0.1) is 0 Å². The fraction of sp³-hybridized carbons (Fsp3) is 0.238. The van der Waals surface area contributed by atoms with Crippen LogP contribution in [0.15, 0.2) is 66.7 Å². The Bertz CT molecular complexity index is 764. The average molecular weight is 272 g/mol. The van der Waals surface area contributed by atoms with Gasteiger partial charge >= 0.3 is 0 Å². The van der Waals surface area contributed by atoms with E-state index in [9.17, 15) is 0 Å². The molecule has 4 rings (SSSR count). The van der Waals surface area contributed by atoms with E-state index in [-0.39, 0.29) is 0 Å². The molecule has 1 aliphatic carbocycles. The molecule has 1 aliphatic rings. The van der Waals surface area contributed by atoms with E-state index < -0.39 is 0 Å². The van der Waals surface area contributed by atoms with Crippen molar-refractivity contribution in [2.24, 2.45) is 5.92 Å². The highest BCUT2D eigenvalue weighted by Crippen LogP contribution is 2.30. The molecule has 0 bridgehead atoms. The first-order valence-corrected chi connectivity index (χ1v) is 7.93. The van der Waals surface area contributed by atoms with Crippen molar-refractivity contribution in [1.29, 1.82) is 0 Å². The van der Waals surface area contributed by atoms with Gasteiger partial charge in [0.1, 0.15) is 0 Å². The third kappa shape index (κ3) is 2.47. The van der Waals surface area contributed by atoms with Gasteiger partial charge in [-0.1, -0.05) is 66.7 Å². The van der Waals surface area contributed by atoms with Gasteiger partial charge in [0, 0.05) is 0 Å². The molecule has 0 heteroatoms. The molecule has 104 valence electrons. The Morgan fingerprint density at radius 1 is 0.762 bits per heavy atom. The van der Waals surface area contributed by atoms with Gasteiger partial charge in [0.2, 0.25) is 0 Å². The van der Waals surface area contributed by atoms with E-state index >= 15 is 0 Å². The van der Waals surface area contributed by atoms with E-state index in [0.29, 0.717) is 0 Å². The molecule has 0 heterocycles. The Labute approximate surface area is 126 Å². The van der Waals surface area contributed by atoms with Crippen molar-refractivity contribution in [3.05, 3.63) is 83.4 Å². The van der Waals surface area contributed by atoms with Crippen LogP contribution in [-0.4, -0.2) is 0 Å². The van der Waals surface area contributed by atoms with Crippen LogP contribution in [-0.2, 0) is 19.3 Å². The van der Waals surface area contributed by atoms with Crippen molar-refractivity contribution in [1.82, 2.24) is 0 Å². The molecule has 0 fully saturated rings. The Hall–Kier alpha value is -2.08. The van der Waals surface area contributed by atoms with Crippen LogP contribution >= 0.6 is 0 Å². The summed E-state index contributed by atoms with van der Waals surface area (Å²) in [4.78, 5) is 0. The van der Waals surface area contributed by atoms with Crippen molar-refractivity contribution in [3.63, 3.8) is 0 Å². The van der Waals surface area contributed by atoms with Crippen molar-refractivity contribution in [2.45, 2.75) is 25.7 Å². The summed E-state index contributed by atoms with van der Waals surface area (Å²) in [6.07, 6.45) is 5.00. The number of hydrogen-bond donors (Lipinski definition) is 0. The average Bonchev–Trinajstić information content (AvgIpc) is 2.55. The maximum absolute atomic E-state index is 2.31. The second kappa shape index (κ2) is 5.37. The first-order valence-electron chi connectivity index (χ1n) is 7.93. The molecular weight excluding hydrogens is 252 g/mol. The zero-order valence-corrected chi connectivity index (χ0v) is 12.3. The molecule has 0 N–H and O–H groups in total. The van der Waals surface area contributed by atoms with E-state index in [1.54, 1.807) is 11.1 Å².